The number of H-pyrrole nitrogens is 1. The first-order valence-electron chi connectivity index (χ1n) is 12.3. The van der Waals surface area contributed by atoms with Crippen LogP contribution < -0.4 is 15.8 Å². The lowest BCUT2D eigenvalue weighted by atomic mass is 9.82. The molecule has 10 nitrogen and oxygen atoms in total. The number of nitrogens with one attached hydrogen (secondary N) is 2. The molecule has 0 saturated heterocycles. The molecule has 2 aliphatic rings. The van der Waals surface area contributed by atoms with Gasteiger partial charge >= 0.3 is 12.0 Å². The summed E-state index contributed by atoms with van der Waals surface area (Å²) >= 11 is 0. The molecule has 0 spiro atoms. The number of rotatable bonds is 5. The molecule has 1 saturated carbocycles. The Morgan fingerprint density at radius 3 is 2.57 bits per heavy atom. The Morgan fingerprint density at radius 2 is 1.89 bits per heavy atom. The number of anilines is 1. The molecule has 37 heavy (non-hydrogen) atoms. The lowest BCUT2D eigenvalue weighted by molar-refractivity contribution is -0.143. The Kier molecular flexibility index (Phi) is 6.35. The summed E-state index contributed by atoms with van der Waals surface area (Å²) in [6.07, 6.45) is 7.36. The number of pyridine rings is 1. The maximum Gasteiger partial charge on any atom is 0.322 e. The number of sulfone groups is 1. The van der Waals surface area contributed by atoms with Gasteiger partial charge in [-0.15, -0.1) is 0 Å². The van der Waals surface area contributed by atoms with Crippen molar-refractivity contribution >= 4 is 38.4 Å². The molecule has 3 N–H and O–H groups in total. The summed E-state index contributed by atoms with van der Waals surface area (Å²) in [5.74, 6) is -1.000. The third-order valence-corrected chi connectivity index (χ3v) is 8.33. The summed E-state index contributed by atoms with van der Waals surface area (Å²) < 4.78 is 25.5. The van der Waals surface area contributed by atoms with Gasteiger partial charge in [0.25, 0.3) is 5.56 Å². The highest BCUT2D eigenvalue weighted by Gasteiger charge is 2.30. The highest BCUT2D eigenvalue weighted by atomic mass is 32.2. The first-order valence-corrected chi connectivity index (χ1v) is 14.4. The van der Waals surface area contributed by atoms with Crippen molar-refractivity contribution < 1.29 is 23.1 Å². The monoisotopic (exact) mass is 526 g/mol. The molecule has 1 fully saturated rings. The number of carbonyl (C=O) groups excluding carboxylic acids is 1. The number of hydrogen-bond acceptors (Lipinski definition) is 5. The minimum atomic E-state index is -3.28. The van der Waals surface area contributed by atoms with Crippen molar-refractivity contribution in [1.29, 1.82) is 0 Å². The lowest BCUT2D eigenvalue weighted by Crippen LogP contribution is -2.42. The summed E-state index contributed by atoms with van der Waals surface area (Å²) in [7, 11) is -1.62. The first kappa shape index (κ1) is 25.1. The molecule has 1 aromatic carbocycles. The van der Waals surface area contributed by atoms with E-state index in [9.17, 15) is 27.9 Å². The van der Waals surface area contributed by atoms with E-state index >= 15 is 0 Å². The maximum absolute atomic E-state index is 13.5. The lowest BCUT2D eigenvalue weighted by Gasteiger charge is -2.28. The first-order chi connectivity index (χ1) is 17.5. The summed E-state index contributed by atoms with van der Waals surface area (Å²) in [5, 5.41) is 13.0. The van der Waals surface area contributed by atoms with Crippen LogP contribution in [0.15, 0.2) is 35.4 Å². The van der Waals surface area contributed by atoms with E-state index in [0.717, 1.165) is 29.4 Å². The fourth-order valence-corrected chi connectivity index (χ4v) is 6.35. The van der Waals surface area contributed by atoms with Gasteiger partial charge in [0.05, 0.1) is 23.9 Å². The Morgan fingerprint density at radius 1 is 1.16 bits per heavy atom. The van der Waals surface area contributed by atoms with Gasteiger partial charge in [0.1, 0.15) is 5.52 Å². The Labute approximate surface area is 214 Å². The summed E-state index contributed by atoms with van der Waals surface area (Å²) in [6.45, 7) is 0.675. The molecule has 0 bridgehead atoms. The molecule has 0 atom stereocenters. The van der Waals surface area contributed by atoms with Crippen LogP contribution >= 0.6 is 0 Å². The fourth-order valence-electron chi connectivity index (χ4n) is 5.57. The van der Waals surface area contributed by atoms with Crippen LogP contribution in [0.5, 0.6) is 0 Å². The average Bonchev–Trinajstić information content (AvgIpc) is 3.21. The fraction of sp³-hybridized carbons (Fsp3) is 0.423. The van der Waals surface area contributed by atoms with Crippen LogP contribution in [0.2, 0.25) is 0 Å². The van der Waals surface area contributed by atoms with Gasteiger partial charge in [-0.2, -0.15) is 0 Å². The van der Waals surface area contributed by atoms with Crippen molar-refractivity contribution in [1.82, 2.24) is 14.9 Å². The van der Waals surface area contributed by atoms with Gasteiger partial charge in [-0.05, 0) is 54.9 Å². The SMILES string of the molecule is Cn1cc2c3c(c[nH]c3c1=O)CN(C(=O)NCC1CCC(C(=O)O)CC1)c1ccc(CS(C)(=O)=O)cc1-2. The van der Waals surface area contributed by atoms with Crippen molar-refractivity contribution in [3.8, 4) is 11.1 Å². The van der Waals surface area contributed by atoms with Crippen molar-refractivity contribution in [3.05, 3.63) is 52.1 Å². The molecule has 1 aliphatic heterocycles. The highest BCUT2D eigenvalue weighted by Crippen LogP contribution is 2.41. The Balaban J connectivity index is 1.50. The van der Waals surface area contributed by atoms with Gasteiger partial charge in [0.15, 0.2) is 9.84 Å². The van der Waals surface area contributed by atoms with Crippen molar-refractivity contribution in [2.45, 2.75) is 38.0 Å². The number of aliphatic carboxylic acids is 1. The molecule has 11 heteroatoms. The van der Waals surface area contributed by atoms with Gasteiger partial charge in [-0.3, -0.25) is 14.5 Å². The second-order valence-electron chi connectivity index (χ2n) is 10.3. The van der Waals surface area contributed by atoms with Crippen LogP contribution in [0.4, 0.5) is 10.5 Å². The average molecular weight is 527 g/mol. The van der Waals surface area contributed by atoms with E-state index in [4.69, 9.17) is 0 Å². The quantitative estimate of drug-likeness (QED) is 0.467. The topological polar surface area (TPSA) is 142 Å². The predicted octanol–water partition coefficient (Wildman–Crippen LogP) is 3.00. The number of aromatic nitrogens is 2. The van der Waals surface area contributed by atoms with Gasteiger partial charge < -0.3 is 20.0 Å². The number of carboxylic acid groups (broad SMARTS) is 1. The third-order valence-electron chi connectivity index (χ3n) is 7.47. The summed E-state index contributed by atoms with van der Waals surface area (Å²) in [4.78, 5) is 42.2. The van der Waals surface area contributed by atoms with Crippen LogP contribution in [0, 0.1) is 11.8 Å². The van der Waals surface area contributed by atoms with E-state index in [1.54, 1.807) is 42.5 Å². The summed E-state index contributed by atoms with van der Waals surface area (Å²) in [6, 6.07) is 4.96. The smallest absolute Gasteiger partial charge is 0.322 e. The number of fused-ring (bicyclic) bond motifs is 2. The highest BCUT2D eigenvalue weighted by molar-refractivity contribution is 7.89. The zero-order valence-electron chi connectivity index (χ0n) is 20.8. The van der Waals surface area contributed by atoms with Crippen molar-refractivity contribution in [2.75, 3.05) is 17.7 Å². The van der Waals surface area contributed by atoms with E-state index in [1.807, 2.05) is 0 Å². The number of carboxylic acids is 1. The number of urea groups is 1. The zero-order chi connectivity index (χ0) is 26.5. The second kappa shape index (κ2) is 9.37. The molecule has 3 aromatic rings. The van der Waals surface area contributed by atoms with Crippen LogP contribution in [0.25, 0.3) is 22.0 Å². The minimum Gasteiger partial charge on any atom is -0.481 e. The molecular formula is C26H30N4O6S. The van der Waals surface area contributed by atoms with E-state index in [-0.39, 0.29) is 35.7 Å². The molecule has 3 heterocycles. The van der Waals surface area contributed by atoms with E-state index < -0.39 is 15.8 Å². The minimum absolute atomic E-state index is 0.138. The molecule has 196 valence electrons. The predicted molar refractivity (Wildman–Crippen MR) is 140 cm³/mol. The molecule has 1 aliphatic carbocycles. The van der Waals surface area contributed by atoms with Gasteiger partial charge in [0, 0.05) is 48.8 Å². The largest absolute Gasteiger partial charge is 0.481 e. The van der Waals surface area contributed by atoms with Gasteiger partial charge in [0.2, 0.25) is 0 Å². The van der Waals surface area contributed by atoms with Gasteiger partial charge in [-0.25, -0.2) is 13.2 Å². The normalized spacial score (nSPS) is 19.4. The van der Waals surface area contributed by atoms with Crippen LogP contribution in [0.1, 0.15) is 36.8 Å². The molecular weight excluding hydrogens is 496 g/mol. The van der Waals surface area contributed by atoms with Crippen LogP contribution in [0.3, 0.4) is 0 Å². The Bertz CT molecular complexity index is 1560. The number of nitrogens with zero attached hydrogens (tertiary/aromatic N) is 2. The van der Waals surface area contributed by atoms with Crippen LogP contribution in [-0.2, 0) is 34.0 Å². The number of carbonyl (C=O) groups is 2. The van der Waals surface area contributed by atoms with E-state index in [0.29, 0.717) is 41.7 Å². The standard InChI is InChI=1S/C26H30N4O6S/c1-29-13-20-19-9-16(14-37(2,35)36)5-8-21(19)30(12-18-11-27-23(22(18)20)24(29)31)26(34)28-10-15-3-6-17(7-4-15)25(32)33/h5,8-9,11,13,15,17,27H,3-4,6-7,10,12,14H2,1-2H3,(H,28,34)(H,32,33). The molecule has 5 rings (SSSR count). The maximum atomic E-state index is 13.5. The Hall–Kier alpha value is -3.60. The number of amides is 2. The molecule has 0 unspecified atom stereocenters. The molecule has 2 aromatic heterocycles. The summed E-state index contributed by atoms with van der Waals surface area (Å²) in [5.41, 5.74) is 3.69. The van der Waals surface area contributed by atoms with E-state index in [1.165, 1.54) is 10.8 Å². The van der Waals surface area contributed by atoms with Crippen LogP contribution in [-0.4, -0.2) is 47.9 Å². The number of benzene rings is 1. The molecule has 2 amide bonds. The zero-order valence-corrected chi connectivity index (χ0v) is 21.6. The third kappa shape index (κ3) is 4.87. The number of hydrogen-bond donors (Lipinski definition) is 3. The van der Waals surface area contributed by atoms with E-state index in [2.05, 4.69) is 10.3 Å². The van der Waals surface area contributed by atoms with Crippen molar-refractivity contribution in [3.63, 3.8) is 0 Å². The van der Waals surface area contributed by atoms with Crippen molar-refractivity contribution in [2.24, 2.45) is 18.9 Å². The number of aromatic amines is 1. The number of aryl methyl sites for hydroxylation is 1. The second-order valence-corrected chi connectivity index (χ2v) is 12.4. The van der Waals surface area contributed by atoms with Gasteiger partial charge in [-0.1, -0.05) is 6.07 Å². The molecule has 0 radical (unpaired) electrons.